The number of nitrogens with zero attached hydrogens (tertiary/aromatic N) is 1. The van der Waals surface area contributed by atoms with Crippen molar-refractivity contribution in [3.05, 3.63) is 0 Å². The topological polar surface area (TPSA) is 185 Å². The van der Waals surface area contributed by atoms with Gasteiger partial charge in [0.05, 0.1) is 16.0 Å². The molecule has 5 aliphatic rings. The Bertz CT molecular complexity index is 1460. The number of likely N-dealkylation sites (tertiary alicyclic amines) is 1. The number of carbonyl (C=O) groups is 5. The first-order valence-corrected chi connectivity index (χ1v) is 20.0. The number of fused-ring (bicyclic) bond motifs is 3. The minimum Gasteiger partial charge on any atom is -0.363 e. The fourth-order valence-corrected chi connectivity index (χ4v) is 11.1. The van der Waals surface area contributed by atoms with Crippen molar-refractivity contribution in [2.24, 2.45) is 34.3 Å². The summed E-state index contributed by atoms with van der Waals surface area (Å²) in [5.74, 6) is -3.14. The van der Waals surface area contributed by atoms with E-state index in [1.54, 1.807) is 32.6 Å². The maximum Gasteiger partial charge on any atom is 0.315 e. The number of ketones is 1. The van der Waals surface area contributed by atoms with Gasteiger partial charge in [-0.1, -0.05) is 59.3 Å². The van der Waals surface area contributed by atoms with Gasteiger partial charge in [-0.3, -0.25) is 19.2 Å². The van der Waals surface area contributed by atoms with E-state index in [0.29, 0.717) is 32.2 Å². The van der Waals surface area contributed by atoms with E-state index in [9.17, 15) is 32.4 Å². The van der Waals surface area contributed by atoms with Crippen molar-refractivity contribution in [2.75, 3.05) is 12.3 Å². The van der Waals surface area contributed by atoms with Crippen LogP contribution >= 0.6 is 0 Å². The molecule has 0 aromatic carbocycles. The Morgan fingerprint density at radius 1 is 0.857 bits per heavy atom. The number of piperidine rings is 1. The van der Waals surface area contributed by atoms with E-state index in [1.165, 1.54) is 0 Å². The predicted octanol–water partition coefficient (Wildman–Crippen LogP) is 3.36. The second kappa shape index (κ2) is 12.8. The third-order valence-electron chi connectivity index (χ3n) is 12.9. The van der Waals surface area contributed by atoms with E-state index in [-0.39, 0.29) is 28.9 Å². The summed E-state index contributed by atoms with van der Waals surface area (Å²) < 4.78 is 25.7. The van der Waals surface area contributed by atoms with Crippen LogP contribution in [0.4, 0.5) is 4.79 Å². The average molecular weight is 706 g/mol. The molecule has 4 unspecified atom stereocenters. The van der Waals surface area contributed by atoms with E-state index in [1.807, 2.05) is 20.8 Å². The smallest absolute Gasteiger partial charge is 0.315 e. The van der Waals surface area contributed by atoms with Gasteiger partial charge in [0, 0.05) is 12.5 Å². The molecule has 5 rings (SSSR count). The highest BCUT2D eigenvalue weighted by atomic mass is 32.2. The quantitative estimate of drug-likeness (QED) is 0.251. The van der Waals surface area contributed by atoms with Gasteiger partial charge < -0.3 is 26.6 Å². The Morgan fingerprint density at radius 2 is 1.43 bits per heavy atom. The fourth-order valence-electron chi connectivity index (χ4n) is 9.61. The van der Waals surface area contributed by atoms with Crippen molar-refractivity contribution in [1.29, 1.82) is 0 Å². The Balaban J connectivity index is 1.41. The molecular weight excluding hydrogens is 646 g/mol. The van der Waals surface area contributed by atoms with Gasteiger partial charge in [0.15, 0.2) is 9.84 Å². The Labute approximate surface area is 292 Å². The summed E-state index contributed by atoms with van der Waals surface area (Å²) in [5, 5.41) is 8.85. The molecule has 5 amide bonds. The molecule has 0 aromatic rings. The Morgan fingerprint density at radius 3 is 1.92 bits per heavy atom. The van der Waals surface area contributed by atoms with Crippen molar-refractivity contribution < 1.29 is 32.4 Å². The highest BCUT2D eigenvalue weighted by molar-refractivity contribution is 7.92. The molecule has 49 heavy (non-hydrogen) atoms. The first-order valence-electron chi connectivity index (χ1n) is 18.4. The van der Waals surface area contributed by atoms with Crippen LogP contribution in [0.2, 0.25) is 0 Å². The predicted molar refractivity (Wildman–Crippen MR) is 186 cm³/mol. The number of urea groups is 1. The lowest BCUT2D eigenvalue weighted by Gasteiger charge is -2.45. The SMILES string of the molecule is CC(C)(C)[C@H](NC(=O)NC1(CS(=O)(=O)C(C)(C)C)CCCCC1)C(=O)N1CC2C(C23CCCC3)C1(C)C(=O)NC(C(=O)C(N)=O)C1CCC1. The number of sulfone groups is 1. The molecule has 5 atom stereocenters. The number of nitrogens with one attached hydrogen (secondary N) is 3. The number of Topliss-reactive ketones (excluding diaryl/α,β-unsaturated/α-hetero) is 1. The van der Waals surface area contributed by atoms with Crippen LogP contribution in [-0.4, -0.2) is 83.1 Å². The lowest BCUT2D eigenvalue weighted by atomic mass is 9.77. The van der Waals surface area contributed by atoms with Gasteiger partial charge in [-0.05, 0) is 88.9 Å². The first kappa shape index (κ1) is 37.6. The molecule has 1 aliphatic heterocycles. The van der Waals surface area contributed by atoms with E-state index in [0.717, 1.165) is 51.4 Å². The number of rotatable bonds is 10. The highest BCUT2D eigenvalue weighted by Crippen LogP contribution is 2.75. The van der Waals surface area contributed by atoms with Crippen LogP contribution in [0, 0.1) is 28.6 Å². The molecule has 1 heterocycles. The van der Waals surface area contributed by atoms with Crippen molar-refractivity contribution in [1.82, 2.24) is 20.9 Å². The van der Waals surface area contributed by atoms with Crippen LogP contribution in [0.15, 0.2) is 0 Å². The molecule has 4 saturated carbocycles. The van der Waals surface area contributed by atoms with Gasteiger partial charge in [-0.25, -0.2) is 13.2 Å². The van der Waals surface area contributed by atoms with Crippen LogP contribution in [0.25, 0.3) is 0 Å². The van der Waals surface area contributed by atoms with Gasteiger partial charge in [0.2, 0.25) is 17.6 Å². The monoisotopic (exact) mass is 705 g/mol. The summed E-state index contributed by atoms with van der Waals surface area (Å²) in [4.78, 5) is 69.6. The fraction of sp³-hybridized carbons (Fsp3) is 0.861. The molecular formula is C36H59N5O7S. The molecule has 0 radical (unpaired) electrons. The Hall–Kier alpha value is -2.70. The molecule has 1 spiro atoms. The number of primary amides is 1. The van der Waals surface area contributed by atoms with E-state index < -0.39 is 72.7 Å². The zero-order valence-electron chi connectivity index (χ0n) is 30.6. The van der Waals surface area contributed by atoms with Gasteiger partial charge in [0.25, 0.3) is 5.91 Å². The number of hydrogen-bond donors (Lipinski definition) is 4. The van der Waals surface area contributed by atoms with Crippen LogP contribution in [0.5, 0.6) is 0 Å². The third-order valence-corrected chi connectivity index (χ3v) is 15.7. The molecule has 5 N–H and O–H groups in total. The summed E-state index contributed by atoms with van der Waals surface area (Å²) in [6.45, 7) is 12.7. The largest absolute Gasteiger partial charge is 0.363 e. The molecule has 0 aromatic heterocycles. The number of hydrogen-bond acceptors (Lipinski definition) is 7. The number of nitrogens with two attached hydrogens (primary N) is 1. The molecule has 4 aliphatic carbocycles. The summed E-state index contributed by atoms with van der Waals surface area (Å²) in [7, 11) is -3.57. The van der Waals surface area contributed by atoms with Gasteiger partial charge >= 0.3 is 6.03 Å². The molecule has 1 saturated heterocycles. The van der Waals surface area contributed by atoms with Crippen molar-refractivity contribution in [2.45, 2.75) is 153 Å². The van der Waals surface area contributed by atoms with E-state index >= 15 is 0 Å². The summed E-state index contributed by atoms with van der Waals surface area (Å²) in [6, 6.07) is -2.69. The van der Waals surface area contributed by atoms with Crippen LogP contribution < -0.4 is 21.7 Å². The molecule has 13 heteroatoms. The Kier molecular flexibility index (Phi) is 9.82. The van der Waals surface area contributed by atoms with E-state index in [2.05, 4.69) is 16.0 Å². The molecule has 12 nitrogen and oxygen atoms in total. The van der Waals surface area contributed by atoms with Gasteiger partial charge in [-0.2, -0.15) is 0 Å². The maximum atomic E-state index is 14.7. The first-order chi connectivity index (χ1) is 22.6. The standard InChI is InChI=1S/C36H59N5O7S/c1-32(2,3)27(39-31(46)40-35(16-9-8-10-17-35)21-49(47,48)33(4,5)6)29(44)41-20-23-26(36(23)18-11-12-19-36)34(41,7)30(45)38-24(22-14-13-15-22)25(42)28(37)43/h22-24,26-27H,8-21H2,1-7H3,(H2,37,43)(H,38,45)(H2,39,40,46)/t23?,24?,26?,27-,34?/m1/s1. The number of amides is 5. The van der Waals surface area contributed by atoms with Gasteiger partial charge in [-0.15, -0.1) is 0 Å². The second-order valence-electron chi connectivity index (χ2n) is 18.1. The number of carbonyl (C=O) groups excluding carboxylic acids is 5. The second-order valence-corrected chi connectivity index (χ2v) is 20.8. The van der Waals surface area contributed by atoms with Crippen LogP contribution in [0.1, 0.15) is 126 Å². The average Bonchev–Trinajstić information content (AvgIpc) is 3.20. The van der Waals surface area contributed by atoms with Crippen LogP contribution in [0.3, 0.4) is 0 Å². The summed E-state index contributed by atoms with van der Waals surface area (Å²) in [5.41, 5.74) is 2.33. The third kappa shape index (κ3) is 6.73. The van der Waals surface area contributed by atoms with E-state index in [4.69, 9.17) is 5.73 Å². The molecule has 0 bridgehead atoms. The van der Waals surface area contributed by atoms with Crippen molar-refractivity contribution in [3.8, 4) is 0 Å². The highest BCUT2D eigenvalue weighted by Gasteiger charge is 2.79. The zero-order valence-corrected chi connectivity index (χ0v) is 31.4. The zero-order chi connectivity index (χ0) is 36.4. The minimum absolute atomic E-state index is 0.0452. The maximum absolute atomic E-state index is 14.7. The summed E-state index contributed by atoms with van der Waals surface area (Å²) in [6.07, 6.45) is 9.92. The van der Waals surface area contributed by atoms with Gasteiger partial charge in [0.1, 0.15) is 17.6 Å². The molecule has 5 fully saturated rings. The van der Waals surface area contributed by atoms with Crippen LogP contribution in [-0.2, 0) is 29.0 Å². The van der Waals surface area contributed by atoms with Crippen molar-refractivity contribution in [3.63, 3.8) is 0 Å². The normalized spacial score (nSPS) is 28.9. The lowest BCUT2D eigenvalue weighted by Crippen LogP contribution is -2.67. The van der Waals surface area contributed by atoms with Crippen molar-refractivity contribution >= 4 is 39.4 Å². The molecule has 276 valence electrons. The summed E-state index contributed by atoms with van der Waals surface area (Å²) >= 11 is 0. The minimum atomic E-state index is -3.57. The lowest BCUT2D eigenvalue weighted by molar-refractivity contribution is -0.152.